The van der Waals surface area contributed by atoms with Gasteiger partial charge in [-0.3, -0.25) is 9.59 Å². The van der Waals surface area contributed by atoms with Crippen LogP contribution in [0.1, 0.15) is 82.1 Å². The van der Waals surface area contributed by atoms with Crippen molar-refractivity contribution in [1.29, 1.82) is 0 Å². The van der Waals surface area contributed by atoms with Crippen LogP contribution in [0.4, 0.5) is 0 Å². The number of nitrogens with zero attached hydrogens (tertiary/aromatic N) is 1. The monoisotopic (exact) mass is 418 g/mol. The zero-order chi connectivity index (χ0) is 20.4. The Hall–Kier alpha value is -1.40. The third kappa shape index (κ3) is 4.38. The van der Waals surface area contributed by atoms with Crippen LogP contribution in [0.5, 0.6) is 0 Å². The Balaban J connectivity index is 1.61. The van der Waals surface area contributed by atoms with Crippen LogP contribution in [0.25, 0.3) is 0 Å². The summed E-state index contributed by atoms with van der Waals surface area (Å²) in [5.74, 6) is 0.375. The molecule has 2 amide bonds. The quantitative estimate of drug-likeness (QED) is 0.776. The van der Waals surface area contributed by atoms with E-state index in [1.54, 1.807) is 11.3 Å². The van der Waals surface area contributed by atoms with Gasteiger partial charge in [0.1, 0.15) is 0 Å². The van der Waals surface area contributed by atoms with Crippen LogP contribution in [-0.4, -0.2) is 40.0 Å². The number of carbonyl (C=O) groups is 2. The van der Waals surface area contributed by atoms with Crippen molar-refractivity contribution in [3.8, 4) is 0 Å². The lowest BCUT2D eigenvalue weighted by Crippen LogP contribution is -2.64. The van der Waals surface area contributed by atoms with Crippen molar-refractivity contribution in [2.75, 3.05) is 6.54 Å². The van der Waals surface area contributed by atoms with Crippen molar-refractivity contribution in [1.82, 2.24) is 10.2 Å². The van der Waals surface area contributed by atoms with Gasteiger partial charge in [0.15, 0.2) is 0 Å². The van der Waals surface area contributed by atoms with Crippen LogP contribution >= 0.6 is 11.3 Å². The van der Waals surface area contributed by atoms with E-state index in [1.165, 1.54) is 6.42 Å². The Morgan fingerprint density at radius 2 is 1.76 bits per heavy atom. The molecule has 0 unspecified atom stereocenters. The van der Waals surface area contributed by atoms with Crippen molar-refractivity contribution in [3.05, 3.63) is 22.4 Å². The SMILES string of the molecule is C[C@@]1(O)CCN(C(=O)C2CCCCC2)[C@@H](c2cccs2)[C@@H]1NC(=O)C1CCCC1. The summed E-state index contributed by atoms with van der Waals surface area (Å²) in [7, 11) is 0. The number of thiophene rings is 1. The summed E-state index contributed by atoms with van der Waals surface area (Å²) in [5, 5.41) is 16.5. The number of likely N-dealkylation sites (tertiary alicyclic amines) is 1. The Labute approximate surface area is 177 Å². The fraction of sp³-hybridized carbons (Fsp3) is 0.739. The number of amides is 2. The Kier molecular flexibility index (Phi) is 6.30. The van der Waals surface area contributed by atoms with Crippen molar-refractivity contribution < 1.29 is 14.7 Å². The molecule has 5 nitrogen and oxygen atoms in total. The minimum atomic E-state index is -1.04. The van der Waals surface area contributed by atoms with Crippen LogP contribution < -0.4 is 5.32 Å². The van der Waals surface area contributed by atoms with Gasteiger partial charge in [0.05, 0.1) is 17.7 Å². The van der Waals surface area contributed by atoms with Gasteiger partial charge in [-0.25, -0.2) is 0 Å². The van der Waals surface area contributed by atoms with Gasteiger partial charge in [-0.2, -0.15) is 0 Å². The van der Waals surface area contributed by atoms with E-state index in [2.05, 4.69) is 5.32 Å². The van der Waals surface area contributed by atoms with E-state index in [9.17, 15) is 14.7 Å². The van der Waals surface area contributed by atoms with E-state index in [0.717, 1.165) is 56.2 Å². The summed E-state index contributed by atoms with van der Waals surface area (Å²) in [6.07, 6.45) is 9.91. The molecule has 2 heterocycles. The van der Waals surface area contributed by atoms with E-state index < -0.39 is 11.6 Å². The second-order valence-electron chi connectivity index (χ2n) is 9.40. The van der Waals surface area contributed by atoms with Crippen LogP contribution in [0, 0.1) is 11.8 Å². The number of nitrogens with one attached hydrogen (secondary N) is 1. The first-order chi connectivity index (χ1) is 14.0. The highest BCUT2D eigenvalue weighted by molar-refractivity contribution is 7.10. The number of carbonyl (C=O) groups excluding carboxylic acids is 2. The Morgan fingerprint density at radius 1 is 1.10 bits per heavy atom. The first kappa shape index (κ1) is 20.9. The minimum Gasteiger partial charge on any atom is -0.388 e. The molecule has 0 bridgehead atoms. The van der Waals surface area contributed by atoms with Gasteiger partial charge in [0.2, 0.25) is 11.8 Å². The van der Waals surface area contributed by atoms with Gasteiger partial charge in [-0.1, -0.05) is 38.2 Å². The average Bonchev–Trinajstić information content (AvgIpc) is 3.43. The highest BCUT2D eigenvalue weighted by atomic mass is 32.1. The molecule has 29 heavy (non-hydrogen) atoms. The molecule has 2 N–H and O–H groups in total. The summed E-state index contributed by atoms with van der Waals surface area (Å²) in [6.45, 7) is 2.36. The smallest absolute Gasteiger partial charge is 0.226 e. The van der Waals surface area contributed by atoms with Crippen LogP contribution in [0.15, 0.2) is 17.5 Å². The molecule has 3 fully saturated rings. The number of hydrogen-bond donors (Lipinski definition) is 2. The number of piperidine rings is 1. The molecule has 1 aromatic heterocycles. The Morgan fingerprint density at radius 3 is 2.41 bits per heavy atom. The third-order valence-corrected chi connectivity index (χ3v) is 8.22. The zero-order valence-electron chi connectivity index (χ0n) is 17.4. The van der Waals surface area contributed by atoms with Crippen LogP contribution in [-0.2, 0) is 9.59 Å². The van der Waals surface area contributed by atoms with Gasteiger partial charge in [0.25, 0.3) is 0 Å². The van der Waals surface area contributed by atoms with Crippen LogP contribution in [0.3, 0.4) is 0 Å². The van der Waals surface area contributed by atoms with E-state index in [4.69, 9.17) is 0 Å². The summed E-state index contributed by atoms with van der Waals surface area (Å²) in [4.78, 5) is 29.5. The summed E-state index contributed by atoms with van der Waals surface area (Å²) < 4.78 is 0. The van der Waals surface area contributed by atoms with Gasteiger partial charge in [-0.15, -0.1) is 11.3 Å². The van der Waals surface area contributed by atoms with E-state index >= 15 is 0 Å². The average molecular weight is 419 g/mol. The molecule has 1 aromatic rings. The predicted molar refractivity (Wildman–Crippen MR) is 114 cm³/mol. The second-order valence-corrected chi connectivity index (χ2v) is 10.4. The zero-order valence-corrected chi connectivity index (χ0v) is 18.3. The molecule has 2 aliphatic carbocycles. The van der Waals surface area contributed by atoms with E-state index in [0.29, 0.717) is 13.0 Å². The van der Waals surface area contributed by atoms with Crippen LogP contribution in [0.2, 0.25) is 0 Å². The van der Waals surface area contributed by atoms with E-state index in [-0.39, 0.29) is 29.7 Å². The highest BCUT2D eigenvalue weighted by Crippen LogP contribution is 2.41. The maximum absolute atomic E-state index is 13.5. The van der Waals surface area contributed by atoms with Gasteiger partial charge in [-0.05, 0) is 50.5 Å². The summed E-state index contributed by atoms with van der Waals surface area (Å²) in [6, 6.07) is 3.25. The lowest BCUT2D eigenvalue weighted by Gasteiger charge is -2.49. The molecule has 3 atom stereocenters. The first-order valence-corrected chi connectivity index (χ1v) is 12.2. The maximum atomic E-state index is 13.5. The fourth-order valence-corrected chi connectivity index (χ4v) is 6.34. The maximum Gasteiger partial charge on any atom is 0.226 e. The van der Waals surface area contributed by atoms with Crippen molar-refractivity contribution in [3.63, 3.8) is 0 Å². The summed E-state index contributed by atoms with van der Waals surface area (Å²) in [5.41, 5.74) is -1.04. The minimum absolute atomic E-state index is 0.0409. The molecular formula is C23H34N2O3S. The molecule has 1 saturated heterocycles. The van der Waals surface area contributed by atoms with Gasteiger partial charge >= 0.3 is 0 Å². The molecule has 1 aliphatic heterocycles. The third-order valence-electron chi connectivity index (χ3n) is 7.28. The molecule has 2 saturated carbocycles. The molecule has 0 aromatic carbocycles. The first-order valence-electron chi connectivity index (χ1n) is 11.3. The number of hydrogen-bond acceptors (Lipinski definition) is 4. The van der Waals surface area contributed by atoms with Crippen molar-refractivity contribution in [2.24, 2.45) is 11.8 Å². The topological polar surface area (TPSA) is 69.6 Å². The molecule has 160 valence electrons. The molecule has 0 radical (unpaired) electrons. The van der Waals surface area contributed by atoms with Crippen molar-refractivity contribution in [2.45, 2.75) is 88.8 Å². The number of aliphatic hydroxyl groups is 1. The van der Waals surface area contributed by atoms with E-state index in [1.807, 2.05) is 29.3 Å². The second kappa shape index (κ2) is 8.76. The number of rotatable bonds is 4. The molecule has 0 spiro atoms. The Bertz CT molecular complexity index is 706. The largest absolute Gasteiger partial charge is 0.388 e. The van der Waals surface area contributed by atoms with Gasteiger partial charge in [0, 0.05) is 23.3 Å². The summed E-state index contributed by atoms with van der Waals surface area (Å²) >= 11 is 1.60. The molecular weight excluding hydrogens is 384 g/mol. The molecule has 6 heteroatoms. The normalized spacial score (nSPS) is 31.7. The van der Waals surface area contributed by atoms with Gasteiger partial charge < -0.3 is 15.3 Å². The standard InChI is InChI=1S/C23H34N2O3S/c1-23(28)13-14-25(22(27)17-10-3-2-4-11-17)19(18-12-7-15-29-18)20(23)24-21(26)16-8-5-6-9-16/h7,12,15-17,19-20,28H,2-6,8-11,13-14H2,1H3,(H,24,26)/t19-,20-,23+/m0/s1. The predicted octanol–water partition coefficient (Wildman–Crippen LogP) is 4.03. The molecule has 3 aliphatic rings. The lowest BCUT2D eigenvalue weighted by atomic mass is 9.79. The highest BCUT2D eigenvalue weighted by Gasteiger charge is 2.49. The fourth-order valence-electron chi connectivity index (χ4n) is 5.46. The lowest BCUT2D eigenvalue weighted by molar-refractivity contribution is -0.151. The van der Waals surface area contributed by atoms with Crippen molar-refractivity contribution >= 4 is 23.2 Å². The molecule has 4 rings (SSSR count).